The molecule has 0 bridgehead atoms. The zero-order valence-electron chi connectivity index (χ0n) is 17.1. The number of halogens is 1. The zero-order chi connectivity index (χ0) is 21.0. The van der Waals surface area contributed by atoms with E-state index in [-0.39, 0.29) is 29.9 Å². The molecule has 3 rings (SSSR count). The van der Waals surface area contributed by atoms with Crippen LogP contribution in [0.2, 0.25) is 0 Å². The molecule has 2 aromatic carbocycles. The Balaban J connectivity index is 0.00000320. The second-order valence-corrected chi connectivity index (χ2v) is 9.25. The van der Waals surface area contributed by atoms with Gasteiger partial charge in [0.05, 0.1) is 25.2 Å². The van der Waals surface area contributed by atoms with Gasteiger partial charge in [-0.3, -0.25) is 4.72 Å². The van der Waals surface area contributed by atoms with E-state index in [1.54, 1.807) is 13.2 Å². The van der Waals surface area contributed by atoms with E-state index in [1.807, 2.05) is 6.07 Å². The summed E-state index contributed by atoms with van der Waals surface area (Å²) in [4.78, 5) is 0. The number of fused-ring (bicyclic) bond motifs is 1. The van der Waals surface area contributed by atoms with Crippen molar-refractivity contribution in [3.05, 3.63) is 53.1 Å². The van der Waals surface area contributed by atoms with Crippen molar-refractivity contribution in [1.82, 2.24) is 5.32 Å². The number of hydrogen-bond acceptors (Lipinski definition) is 6. The highest BCUT2D eigenvalue weighted by Crippen LogP contribution is 2.28. The van der Waals surface area contributed by atoms with Gasteiger partial charge in [0, 0.05) is 12.6 Å². The van der Waals surface area contributed by atoms with Crippen LogP contribution in [0.1, 0.15) is 35.6 Å². The van der Waals surface area contributed by atoms with Gasteiger partial charge in [0.15, 0.2) is 0 Å². The summed E-state index contributed by atoms with van der Waals surface area (Å²) >= 11 is 0. The quantitative estimate of drug-likeness (QED) is 0.377. The third-order valence-electron chi connectivity index (χ3n) is 5.18. The predicted molar refractivity (Wildman–Crippen MR) is 120 cm³/mol. The molecule has 0 amide bonds. The molecule has 2 aromatic rings. The highest BCUT2D eigenvalue weighted by atomic mass is 35.5. The molecule has 0 saturated carbocycles. The van der Waals surface area contributed by atoms with Gasteiger partial charge in [0.2, 0.25) is 10.0 Å². The van der Waals surface area contributed by atoms with Crippen LogP contribution in [0, 0.1) is 0 Å². The number of aliphatic hydroxyl groups is 1. The molecule has 0 spiro atoms. The van der Waals surface area contributed by atoms with E-state index in [9.17, 15) is 18.6 Å². The van der Waals surface area contributed by atoms with Crippen LogP contribution in [0.5, 0.6) is 11.5 Å². The van der Waals surface area contributed by atoms with E-state index in [0.29, 0.717) is 12.1 Å². The maximum absolute atomic E-state index is 11.4. The van der Waals surface area contributed by atoms with Gasteiger partial charge in [0.1, 0.15) is 11.5 Å². The summed E-state index contributed by atoms with van der Waals surface area (Å²) < 4.78 is 30.5. The van der Waals surface area contributed by atoms with Gasteiger partial charge >= 0.3 is 0 Å². The van der Waals surface area contributed by atoms with Crippen LogP contribution in [0.25, 0.3) is 0 Å². The van der Waals surface area contributed by atoms with Crippen LogP contribution in [-0.4, -0.2) is 44.6 Å². The first-order valence-electron chi connectivity index (χ1n) is 9.63. The molecule has 166 valence electrons. The van der Waals surface area contributed by atoms with E-state index in [2.05, 4.69) is 22.2 Å². The van der Waals surface area contributed by atoms with Crippen LogP contribution < -0.4 is 14.8 Å². The normalized spacial score (nSPS) is 17.2. The number of nitrogens with one attached hydrogen (secondary N) is 2. The van der Waals surface area contributed by atoms with Crippen molar-refractivity contribution < 1.29 is 23.4 Å². The standard InChI is InChI=1S/C21H28N2O5S.ClH/c1-28-18-8-6-14-4-3-5-17(10-16(14)11-18)22-13-21(25)15-7-9-20(24)19(12-15)23-29(2,26)27;/h6-9,11-12,17,21-25H,3-5,10,13H2,1-2H3;1H/t17?,21-;/m0./s1. The first-order valence-corrected chi connectivity index (χ1v) is 11.5. The monoisotopic (exact) mass is 456 g/mol. The molecule has 4 N–H and O–H groups in total. The number of methoxy groups -OCH3 is 1. The summed E-state index contributed by atoms with van der Waals surface area (Å²) in [5.41, 5.74) is 3.18. The molecule has 1 aliphatic carbocycles. The summed E-state index contributed by atoms with van der Waals surface area (Å²) in [6, 6.07) is 10.8. The molecule has 2 atom stereocenters. The van der Waals surface area contributed by atoms with Crippen molar-refractivity contribution in [2.45, 2.75) is 37.8 Å². The van der Waals surface area contributed by atoms with E-state index in [1.165, 1.54) is 23.3 Å². The van der Waals surface area contributed by atoms with Gasteiger partial charge in [0.25, 0.3) is 0 Å². The third kappa shape index (κ3) is 6.50. The molecule has 30 heavy (non-hydrogen) atoms. The zero-order valence-corrected chi connectivity index (χ0v) is 18.7. The van der Waals surface area contributed by atoms with Crippen LogP contribution in [0.15, 0.2) is 36.4 Å². The van der Waals surface area contributed by atoms with Crippen molar-refractivity contribution in [3.63, 3.8) is 0 Å². The molecule has 0 aliphatic heterocycles. The maximum atomic E-state index is 11.4. The number of anilines is 1. The Morgan fingerprint density at radius 1 is 1.20 bits per heavy atom. The topological polar surface area (TPSA) is 108 Å². The summed E-state index contributed by atoms with van der Waals surface area (Å²) in [6.45, 7) is 0.326. The number of phenolic OH excluding ortho intramolecular Hbond substituents is 1. The number of ether oxygens (including phenoxy) is 1. The Labute approximate surface area is 183 Å². The van der Waals surface area contributed by atoms with E-state index >= 15 is 0 Å². The fourth-order valence-corrected chi connectivity index (χ4v) is 4.25. The van der Waals surface area contributed by atoms with Gasteiger partial charge in [-0.2, -0.15) is 0 Å². The number of rotatable bonds is 7. The lowest BCUT2D eigenvalue weighted by Crippen LogP contribution is -2.34. The van der Waals surface area contributed by atoms with Crippen molar-refractivity contribution in [1.29, 1.82) is 0 Å². The molecule has 0 aromatic heterocycles. The van der Waals surface area contributed by atoms with Crippen molar-refractivity contribution in [2.75, 3.05) is 24.6 Å². The van der Waals surface area contributed by atoms with Gasteiger partial charge in [-0.05, 0) is 66.6 Å². The smallest absolute Gasteiger partial charge is 0.229 e. The summed E-state index contributed by atoms with van der Waals surface area (Å²) in [5, 5.41) is 23.8. The minimum Gasteiger partial charge on any atom is -0.506 e. The number of aromatic hydroxyl groups is 1. The summed E-state index contributed by atoms with van der Waals surface area (Å²) in [7, 11) is -1.87. The largest absolute Gasteiger partial charge is 0.506 e. The van der Waals surface area contributed by atoms with Crippen molar-refractivity contribution >= 4 is 28.1 Å². The second kappa shape index (κ2) is 10.3. The van der Waals surface area contributed by atoms with Crippen molar-refractivity contribution in [3.8, 4) is 11.5 Å². The lowest BCUT2D eigenvalue weighted by molar-refractivity contribution is 0.168. The van der Waals surface area contributed by atoms with Gasteiger partial charge < -0.3 is 20.3 Å². The molecular weight excluding hydrogens is 428 g/mol. The van der Waals surface area contributed by atoms with E-state index in [4.69, 9.17) is 4.74 Å². The molecule has 0 heterocycles. The molecule has 0 fully saturated rings. The molecule has 0 radical (unpaired) electrons. The Bertz CT molecular complexity index is 968. The lowest BCUT2D eigenvalue weighted by atomic mass is 10.0. The highest BCUT2D eigenvalue weighted by Gasteiger charge is 2.19. The second-order valence-electron chi connectivity index (χ2n) is 7.50. The number of benzene rings is 2. The molecule has 9 heteroatoms. The Hall–Kier alpha value is -2.00. The predicted octanol–water partition coefficient (Wildman–Crippen LogP) is 2.76. The van der Waals surface area contributed by atoms with Crippen LogP contribution >= 0.6 is 12.4 Å². The first-order chi connectivity index (χ1) is 13.7. The summed E-state index contributed by atoms with van der Waals surface area (Å²) in [6.07, 6.45) is 4.13. The molecular formula is C21H29ClN2O5S. The number of aliphatic hydroxyl groups excluding tert-OH is 1. The van der Waals surface area contributed by atoms with E-state index in [0.717, 1.165) is 37.7 Å². The fraction of sp³-hybridized carbons (Fsp3) is 0.429. The number of aryl methyl sites for hydroxylation is 1. The minimum atomic E-state index is -3.53. The number of sulfonamides is 1. The molecule has 1 unspecified atom stereocenters. The third-order valence-corrected chi connectivity index (χ3v) is 5.77. The first kappa shape index (κ1) is 24.3. The average Bonchev–Trinajstić information content (AvgIpc) is 2.87. The van der Waals surface area contributed by atoms with Gasteiger partial charge in [-0.15, -0.1) is 12.4 Å². The van der Waals surface area contributed by atoms with E-state index < -0.39 is 16.1 Å². The van der Waals surface area contributed by atoms with Gasteiger partial charge in [-0.25, -0.2) is 8.42 Å². The molecule has 1 aliphatic rings. The SMILES string of the molecule is COc1ccc2c(c1)CC(NC[C@H](O)c1ccc(O)c(NS(C)(=O)=O)c1)CCC2.Cl. The average molecular weight is 457 g/mol. The fourth-order valence-electron chi connectivity index (χ4n) is 3.68. The molecule has 0 saturated heterocycles. The summed E-state index contributed by atoms with van der Waals surface area (Å²) in [5.74, 6) is 0.660. The Morgan fingerprint density at radius 2 is 1.97 bits per heavy atom. The van der Waals surface area contributed by atoms with Gasteiger partial charge in [-0.1, -0.05) is 12.1 Å². The molecule has 7 nitrogen and oxygen atoms in total. The maximum Gasteiger partial charge on any atom is 0.229 e. The van der Waals surface area contributed by atoms with Crippen LogP contribution in [0.3, 0.4) is 0 Å². The van der Waals surface area contributed by atoms with Crippen LogP contribution in [-0.2, 0) is 22.9 Å². The highest BCUT2D eigenvalue weighted by molar-refractivity contribution is 7.92. The number of phenols is 1. The van der Waals surface area contributed by atoms with Crippen molar-refractivity contribution in [2.24, 2.45) is 0 Å². The number of hydrogen-bond donors (Lipinski definition) is 4. The minimum absolute atomic E-state index is 0. The lowest BCUT2D eigenvalue weighted by Gasteiger charge is -2.20. The Morgan fingerprint density at radius 3 is 2.67 bits per heavy atom. The van der Waals surface area contributed by atoms with Crippen LogP contribution in [0.4, 0.5) is 5.69 Å². The Kier molecular flexibility index (Phi) is 8.37.